The number of aromatic amines is 1. The third kappa shape index (κ3) is 5.29. The van der Waals surface area contributed by atoms with E-state index in [-0.39, 0.29) is 41.2 Å². The Kier molecular flexibility index (Phi) is 7.41. The van der Waals surface area contributed by atoms with E-state index in [2.05, 4.69) is 15.6 Å². The minimum Gasteiger partial charge on any atom is -0.496 e. The van der Waals surface area contributed by atoms with E-state index in [1.807, 2.05) is 6.07 Å². The van der Waals surface area contributed by atoms with Gasteiger partial charge in [0.1, 0.15) is 17.6 Å². The van der Waals surface area contributed by atoms with E-state index in [4.69, 9.17) is 19.9 Å². The van der Waals surface area contributed by atoms with E-state index in [1.54, 1.807) is 19.1 Å². The highest BCUT2D eigenvalue weighted by atomic mass is 16.5. The third-order valence-corrected chi connectivity index (χ3v) is 4.00. The van der Waals surface area contributed by atoms with Crippen molar-refractivity contribution in [1.82, 2.24) is 0 Å². The Morgan fingerprint density at radius 2 is 1.87 bits per heavy atom. The maximum Gasteiger partial charge on any atom is 0.311 e. The van der Waals surface area contributed by atoms with Crippen molar-refractivity contribution in [3.8, 4) is 23.4 Å². The number of hydrogen-bond donors (Lipinski definition) is 3. The topological polar surface area (TPSA) is 150 Å². The third-order valence-electron chi connectivity index (χ3n) is 4.00. The molecule has 0 radical (unpaired) electrons. The molecule has 0 fully saturated rings. The number of H-pyrrole nitrogens is 1. The number of methoxy groups -OCH3 is 2. The summed E-state index contributed by atoms with van der Waals surface area (Å²) in [6, 6.07) is 6.60. The SMILES string of the molecule is CCOc1[nH+]c(NC(=O)Cc2cc(OC)c(NC(C)=O)cc2OC)cc(N)c1C#N. The molecular weight excluding hydrogens is 390 g/mol. The Hall–Kier alpha value is -4.00. The Morgan fingerprint density at radius 3 is 2.43 bits per heavy atom. The average Bonchev–Trinajstić information content (AvgIpc) is 2.68. The molecule has 0 saturated heterocycles. The monoisotopic (exact) mass is 414 g/mol. The first-order chi connectivity index (χ1) is 14.3. The molecule has 10 nitrogen and oxygen atoms in total. The molecule has 158 valence electrons. The van der Waals surface area contributed by atoms with Gasteiger partial charge in [-0.15, -0.1) is 0 Å². The van der Waals surface area contributed by atoms with E-state index < -0.39 is 0 Å². The number of anilines is 3. The van der Waals surface area contributed by atoms with Crippen molar-refractivity contribution < 1.29 is 28.8 Å². The van der Waals surface area contributed by atoms with E-state index >= 15 is 0 Å². The molecule has 0 atom stereocenters. The summed E-state index contributed by atoms with van der Waals surface area (Å²) in [6.07, 6.45) is -0.0440. The summed E-state index contributed by atoms with van der Waals surface area (Å²) in [5.74, 6) is 0.620. The molecule has 0 aliphatic heterocycles. The van der Waals surface area contributed by atoms with Crippen molar-refractivity contribution in [2.75, 3.05) is 37.2 Å². The van der Waals surface area contributed by atoms with E-state index in [9.17, 15) is 14.9 Å². The van der Waals surface area contributed by atoms with Crippen molar-refractivity contribution in [3.63, 3.8) is 0 Å². The Balaban J connectivity index is 2.28. The minimum absolute atomic E-state index is 0.0440. The molecular formula is C20H24N5O5+. The second-order valence-corrected chi connectivity index (χ2v) is 6.16. The summed E-state index contributed by atoms with van der Waals surface area (Å²) in [5, 5.41) is 14.5. The van der Waals surface area contributed by atoms with Gasteiger partial charge in [0, 0.05) is 18.6 Å². The zero-order chi connectivity index (χ0) is 22.3. The lowest BCUT2D eigenvalue weighted by atomic mass is 10.1. The number of carbonyl (C=O) groups excluding carboxylic acids is 2. The number of nitrogens with one attached hydrogen (secondary N) is 3. The van der Waals surface area contributed by atoms with Gasteiger partial charge in [0.15, 0.2) is 5.56 Å². The summed E-state index contributed by atoms with van der Waals surface area (Å²) < 4.78 is 16.0. The number of benzene rings is 1. The van der Waals surface area contributed by atoms with Gasteiger partial charge in [-0.25, -0.2) is 15.1 Å². The van der Waals surface area contributed by atoms with Crippen LogP contribution in [0.1, 0.15) is 25.0 Å². The molecule has 0 bridgehead atoms. The Bertz CT molecular complexity index is 1000. The summed E-state index contributed by atoms with van der Waals surface area (Å²) in [7, 11) is 2.92. The van der Waals surface area contributed by atoms with E-state index in [1.165, 1.54) is 27.2 Å². The van der Waals surface area contributed by atoms with Gasteiger partial charge in [-0.3, -0.25) is 4.79 Å². The van der Waals surface area contributed by atoms with Crippen molar-refractivity contribution in [3.05, 3.63) is 29.3 Å². The summed E-state index contributed by atoms with van der Waals surface area (Å²) in [5.41, 5.74) is 7.20. The van der Waals surface area contributed by atoms with Crippen molar-refractivity contribution in [1.29, 1.82) is 5.26 Å². The lowest BCUT2D eigenvalue weighted by Gasteiger charge is -2.14. The van der Waals surface area contributed by atoms with Gasteiger partial charge in [-0.2, -0.15) is 5.26 Å². The molecule has 2 amide bonds. The Morgan fingerprint density at radius 1 is 1.17 bits per heavy atom. The van der Waals surface area contributed by atoms with Crippen LogP contribution < -0.4 is 35.6 Å². The summed E-state index contributed by atoms with van der Waals surface area (Å²) in [4.78, 5) is 26.8. The summed E-state index contributed by atoms with van der Waals surface area (Å²) in [6.45, 7) is 3.46. The second kappa shape index (κ2) is 9.97. The fraction of sp³-hybridized carbons (Fsp3) is 0.300. The Labute approximate surface area is 173 Å². The number of rotatable bonds is 8. The molecule has 1 heterocycles. The standard InChI is InChI=1S/C20H23N5O5/c1-5-30-20-13(10-21)14(22)8-18(25-20)24-19(27)7-12-6-17(29-4)15(23-11(2)26)9-16(12)28-3/h6,8-9H,5,7H2,1-4H3,(H,23,26)(H3,22,24,25,27)/p+1. The zero-order valence-corrected chi connectivity index (χ0v) is 17.2. The fourth-order valence-corrected chi connectivity index (χ4v) is 2.77. The molecule has 30 heavy (non-hydrogen) atoms. The summed E-state index contributed by atoms with van der Waals surface area (Å²) >= 11 is 0. The van der Waals surface area contributed by atoms with Gasteiger partial charge in [-0.05, 0) is 13.0 Å². The van der Waals surface area contributed by atoms with Crippen LogP contribution in [0.15, 0.2) is 18.2 Å². The number of pyridine rings is 1. The average molecular weight is 414 g/mol. The number of aromatic nitrogens is 1. The first kappa shape index (κ1) is 22.3. The van der Waals surface area contributed by atoms with E-state index in [0.29, 0.717) is 29.4 Å². The number of amides is 2. The highest BCUT2D eigenvalue weighted by molar-refractivity contribution is 5.93. The van der Waals surface area contributed by atoms with Crippen LogP contribution in [0.4, 0.5) is 17.2 Å². The minimum atomic E-state index is -0.370. The van der Waals surface area contributed by atoms with Crippen LogP contribution >= 0.6 is 0 Å². The van der Waals surface area contributed by atoms with Gasteiger partial charge in [0.05, 0.1) is 44.7 Å². The highest BCUT2D eigenvalue weighted by Gasteiger charge is 2.21. The zero-order valence-electron chi connectivity index (χ0n) is 17.2. The number of nitrogens with two attached hydrogens (primary N) is 1. The molecule has 0 unspecified atom stereocenters. The maximum atomic E-state index is 12.6. The van der Waals surface area contributed by atoms with Gasteiger partial charge in [0.2, 0.25) is 5.91 Å². The van der Waals surface area contributed by atoms with Gasteiger partial charge in [0.25, 0.3) is 5.82 Å². The molecule has 0 aliphatic rings. The number of nitrogen functional groups attached to an aromatic ring is 1. The normalized spacial score (nSPS) is 9.97. The molecule has 0 saturated carbocycles. The predicted octanol–water partition coefficient (Wildman–Crippen LogP) is 1.51. The highest BCUT2D eigenvalue weighted by Crippen LogP contribution is 2.33. The lowest BCUT2D eigenvalue weighted by Crippen LogP contribution is -2.24. The van der Waals surface area contributed by atoms with Crippen molar-refractivity contribution >= 4 is 29.0 Å². The fourth-order valence-electron chi connectivity index (χ4n) is 2.77. The number of nitrogens with zero attached hydrogens (tertiary/aromatic N) is 1. The van der Waals surface area contributed by atoms with Gasteiger partial charge in [-0.1, -0.05) is 0 Å². The van der Waals surface area contributed by atoms with Crippen LogP contribution in [0, 0.1) is 11.3 Å². The quantitative estimate of drug-likeness (QED) is 0.592. The van der Waals surface area contributed by atoms with Crippen LogP contribution in [0.3, 0.4) is 0 Å². The van der Waals surface area contributed by atoms with Crippen LogP contribution in [0.25, 0.3) is 0 Å². The molecule has 5 N–H and O–H groups in total. The second-order valence-electron chi connectivity index (χ2n) is 6.16. The van der Waals surface area contributed by atoms with Crippen LogP contribution in [0.2, 0.25) is 0 Å². The molecule has 1 aromatic heterocycles. The van der Waals surface area contributed by atoms with Crippen molar-refractivity contribution in [2.45, 2.75) is 20.3 Å². The number of hydrogen-bond acceptors (Lipinski definition) is 7. The van der Waals surface area contributed by atoms with Crippen LogP contribution in [-0.4, -0.2) is 32.6 Å². The molecule has 0 spiro atoms. The first-order valence-corrected chi connectivity index (χ1v) is 9.03. The smallest absolute Gasteiger partial charge is 0.311 e. The van der Waals surface area contributed by atoms with Crippen molar-refractivity contribution in [2.24, 2.45) is 0 Å². The van der Waals surface area contributed by atoms with Gasteiger partial charge < -0.3 is 25.3 Å². The lowest BCUT2D eigenvalue weighted by molar-refractivity contribution is -0.378. The number of carbonyl (C=O) groups is 2. The molecule has 0 aliphatic carbocycles. The molecule has 2 aromatic rings. The predicted molar refractivity (Wildman–Crippen MR) is 109 cm³/mol. The first-order valence-electron chi connectivity index (χ1n) is 9.03. The molecule has 2 rings (SSSR count). The molecule has 10 heteroatoms. The molecule has 1 aromatic carbocycles. The number of nitriles is 1. The van der Waals surface area contributed by atoms with Crippen LogP contribution in [-0.2, 0) is 16.0 Å². The van der Waals surface area contributed by atoms with Gasteiger partial charge >= 0.3 is 11.8 Å². The van der Waals surface area contributed by atoms with Crippen LogP contribution in [0.5, 0.6) is 17.4 Å². The largest absolute Gasteiger partial charge is 0.496 e. The maximum absolute atomic E-state index is 12.6. The number of ether oxygens (including phenoxy) is 3. The van der Waals surface area contributed by atoms with E-state index in [0.717, 1.165) is 0 Å².